The maximum atomic E-state index is 12.8. The minimum absolute atomic E-state index is 0.0667. The van der Waals surface area contributed by atoms with Crippen molar-refractivity contribution in [3.63, 3.8) is 0 Å². The van der Waals surface area contributed by atoms with Gasteiger partial charge in [-0.15, -0.1) is 11.8 Å². The molecule has 180 valence electrons. The smallest absolute Gasteiger partial charge is 0.255 e. The Balaban J connectivity index is 1.21. The van der Waals surface area contributed by atoms with Gasteiger partial charge in [-0.3, -0.25) is 9.59 Å². The second-order valence-corrected chi connectivity index (χ2v) is 9.83. The maximum absolute atomic E-state index is 12.8. The summed E-state index contributed by atoms with van der Waals surface area (Å²) in [6, 6.07) is 31.7. The highest BCUT2D eigenvalue weighted by atomic mass is 35.5. The summed E-state index contributed by atoms with van der Waals surface area (Å²) in [6.07, 6.45) is 0. The quantitative estimate of drug-likeness (QED) is 0.284. The molecular formula is C29H23ClN2O3S. The molecule has 1 atom stereocenters. The topological polar surface area (TPSA) is 58.6 Å². The molecule has 1 saturated heterocycles. The van der Waals surface area contributed by atoms with E-state index in [-0.39, 0.29) is 17.2 Å². The van der Waals surface area contributed by atoms with Gasteiger partial charge < -0.3 is 15.0 Å². The number of carbonyl (C=O) groups is 2. The van der Waals surface area contributed by atoms with Crippen LogP contribution in [0.4, 0.5) is 5.69 Å². The van der Waals surface area contributed by atoms with Gasteiger partial charge in [0.05, 0.1) is 5.75 Å². The van der Waals surface area contributed by atoms with E-state index in [1.54, 1.807) is 72.4 Å². The normalized spacial score (nSPS) is 15.1. The largest absolute Gasteiger partial charge is 0.457 e. The SMILES string of the molecule is O=C(Nc1ccc(Oc2ccc(Cl)cc2)cc1)c1ccc(C2SCC(=O)N2Cc2ccccc2)cc1. The van der Waals surface area contributed by atoms with Gasteiger partial charge in [0.2, 0.25) is 5.91 Å². The molecule has 7 heteroatoms. The average Bonchev–Trinajstić information content (AvgIpc) is 3.27. The fraction of sp³-hybridized carbons (Fsp3) is 0.103. The molecule has 0 aromatic heterocycles. The first-order valence-corrected chi connectivity index (χ1v) is 12.9. The van der Waals surface area contributed by atoms with Crippen LogP contribution in [0.1, 0.15) is 26.9 Å². The molecule has 5 rings (SSSR count). The zero-order valence-electron chi connectivity index (χ0n) is 19.3. The summed E-state index contributed by atoms with van der Waals surface area (Å²) in [5, 5.41) is 3.49. The number of amides is 2. The molecule has 0 radical (unpaired) electrons. The van der Waals surface area contributed by atoms with Crippen LogP contribution in [0, 0.1) is 0 Å². The Morgan fingerprint density at radius 2 is 1.53 bits per heavy atom. The van der Waals surface area contributed by atoms with Crippen molar-refractivity contribution in [1.29, 1.82) is 0 Å². The summed E-state index contributed by atoms with van der Waals surface area (Å²) in [5.41, 5.74) is 3.31. The summed E-state index contributed by atoms with van der Waals surface area (Å²) in [5.74, 6) is 1.71. The monoisotopic (exact) mass is 514 g/mol. The molecule has 1 fully saturated rings. The number of rotatable bonds is 7. The summed E-state index contributed by atoms with van der Waals surface area (Å²) in [6.45, 7) is 0.567. The van der Waals surface area contributed by atoms with Crippen molar-refractivity contribution in [2.75, 3.05) is 11.1 Å². The van der Waals surface area contributed by atoms with Crippen LogP contribution in [0.5, 0.6) is 11.5 Å². The Bertz CT molecular complexity index is 1340. The van der Waals surface area contributed by atoms with Gasteiger partial charge in [0.15, 0.2) is 0 Å². The molecular weight excluding hydrogens is 492 g/mol. The van der Waals surface area contributed by atoms with Gasteiger partial charge in [0.25, 0.3) is 5.91 Å². The molecule has 1 N–H and O–H groups in total. The van der Waals surface area contributed by atoms with Crippen molar-refractivity contribution in [3.8, 4) is 11.5 Å². The highest BCUT2D eigenvalue weighted by molar-refractivity contribution is 8.00. The van der Waals surface area contributed by atoms with Crippen molar-refractivity contribution >= 4 is 40.9 Å². The van der Waals surface area contributed by atoms with E-state index < -0.39 is 0 Å². The highest BCUT2D eigenvalue weighted by Crippen LogP contribution is 2.39. The van der Waals surface area contributed by atoms with E-state index in [2.05, 4.69) is 5.32 Å². The number of carbonyl (C=O) groups excluding carboxylic acids is 2. The lowest BCUT2D eigenvalue weighted by Gasteiger charge is -2.24. The average molecular weight is 515 g/mol. The van der Waals surface area contributed by atoms with E-state index in [9.17, 15) is 9.59 Å². The Kier molecular flexibility index (Phi) is 7.26. The van der Waals surface area contributed by atoms with E-state index in [1.165, 1.54) is 0 Å². The Labute approximate surface area is 219 Å². The number of nitrogens with zero attached hydrogens (tertiary/aromatic N) is 1. The number of hydrogen-bond donors (Lipinski definition) is 1. The van der Waals surface area contributed by atoms with E-state index >= 15 is 0 Å². The van der Waals surface area contributed by atoms with Crippen LogP contribution < -0.4 is 10.1 Å². The third-order valence-corrected chi connectivity index (χ3v) is 7.29. The van der Waals surface area contributed by atoms with Crippen LogP contribution in [0.3, 0.4) is 0 Å². The molecule has 1 aliphatic heterocycles. The summed E-state index contributed by atoms with van der Waals surface area (Å²) in [7, 11) is 0. The lowest BCUT2D eigenvalue weighted by Crippen LogP contribution is -2.27. The number of benzene rings is 4. The van der Waals surface area contributed by atoms with Crippen LogP contribution in [-0.2, 0) is 11.3 Å². The molecule has 5 nitrogen and oxygen atoms in total. The van der Waals surface area contributed by atoms with Crippen LogP contribution in [-0.4, -0.2) is 22.5 Å². The molecule has 1 heterocycles. The number of nitrogens with one attached hydrogen (secondary N) is 1. The molecule has 0 spiro atoms. The second-order valence-electron chi connectivity index (χ2n) is 8.33. The fourth-order valence-electron chi connectivity index (χ4n) is 3.93. The number of halogens is 1. The Morgan fingerprint density at radius 3 is 2.19 bits per heavy atom. The minimum atomic E-state index is -0.204. The highest BCUT2D eigenvalue weighted by Gasteiger charge is 2.32. The molecule has 4 aromatic rings. The first-order chi connectivity index (χ1) is 17.5. The van der Waals surface area contributed by atoms with E-state index in [4.69, 9.17) is 16.3 Å². The van der Waals surface area contributed by atoms with Gasteiger partial charge in [0.1, 0.15) is 16.9 Å². The van der Waals surface area contributed by atoms with Crippen molar-refractivity contribution in [2.24, 2.45) is 0 Å². The van der Waals surface area contributed by atoms with Gasteiger partial charge >= 0.3 is 0 Å². The van der Waals surface area contributed by atoms with Crippen molar-refractivity contribution < 1.29 is 14.3 Å². The first kappa shape index (κ1) is 24.0. The molecule has 0 aliphatic carbocycles. The van der Waals surface area contributed by atoms with Crippen molar-refractivity contribution in [3.05, 3.63) is 125 Å². The third kappa shape index (κ3) is 5.73. The van der Waals surface area contributed by atoms with Crippen LogP contribution in [0.15, 0.2) is 103 Å². The summed E-state index contributed by atoms with van der Waals surface area (Å²) in [4.78, 5) is 27.2. The van der Waals surface area contributed by atoms with Crippen LogP contribution in [0.2, 0.25) is 5.02 Å². The van der Waals surface area contributed by atoms with Gasteiger partial charge in [-0.2, -0.15) is 0 Å². The molecule has 36 heavy (non-hydrogen) atoms. The van der Waals surface area contributed by atoms with Gasteiger partial charge in [-0.1, -0.05) is 54.1 Å². The van der Waals surface area contributed by atoms with Crippen LogP contribution in [0.25, 0.3) is 0 Å². The second kappa shape index (κ2) is 10.9. The number of anilines is 1. The van der Waals surface area contributed by atoms with Crippen molar-refractivity contribution in [1.82, 2.24) is 4.90 Å². The number of thioether (sulfide) groups is 1. The Morgan fingerprint density at radius 1 is 0.889 bits per heavy atom. The predicted molar refractivity (Wildman–Crippen MR) is 145 cm³/mol. The maximum Gasteiger partial charge on any atom is 0.255 e. The molecule has 1 unspecified atom stereocenters. The zero-order valence-corrected chi connectivity index (χ0v) is 20.8. The minimum Gasteiger partial charge on any atom is -0.457 e. The van der Waals surface area contributed by atoms with Gasteiger partial charge in [0, 0.05) is 22.8 Å². The van der Waals surface area contributed by atoms with E-state index in [0.29, 0.717) is 40.1 Å². The van der Waals surface area contributed by atoms with E-state index in [0.717, 1.165) is 11.1 Å². The number of ether oxygens (including phenoxy) is 1. The first-order valence-electron chi connectivity index (χ1n) is 11.4. The standard InChI is InChI=1S/C29H23ClN2O3S/c30-23-10-14-25(15-11-23)35-26-16-12-24(13-17-26)31-28(34)21-6-8-22(9-7-21)29-32(27(33)19-36-29)18-20-4-2-1-3-5-20/h1-17,29H,18-19H2,(H,31,34). The van der Waals surface area contributed by atoms with Gasteiger partial charge in [-0.05, 0) is 71.8 Å². The van der Waals surface area contributed by atoms with Crippen molar-refractivity contribution in [2.45, 2.75) is 11.9 Å². The zero-order chi connectivity index (χ0) is 24.9. The summed E-state index contributed by atoms with van der Waals surface area (Å²) >= 11 is 7.51. The van der Waals surface area contributed by atoms with Gasteiger partial charge in [-0.25, -0.2) is 0 Å². The number of hydrogen-bond acceptors (Lipinski definition) is 4. The third-order valence-electron chi connectivity index (χ3n) is 5.78. The lowest BCUT2D eigenvalue weighted by atomic mass is 10.1. The van der Waals surface area contributed by atoms with Crippen LogP contribution >= 0.6 is 23.4 Å². The Hall–Kier alpha value is -3.74. The molecule has 0 bridgehead atoms. The van der Waals surface area contributed by atoms with E-state index in [1.807, 2.05) is 47.4 Å². The molecule has 2 amide bonds. The molecule has 1 aliphatic rings. The molecule has 0 saturated carbocycles. The summed E-state index contributed by atoms with van der Waals surface area (Å²) < 4.78 is 5.79. The predicted octanol–water partition coefficient (Wildman–Crippen LogP) is 7.16. The fourth-order valence-corrected chi connectivity index (χ4v) is 5.24. The lowest BCUT2D eigenvalue weighted by molar-refractivity contribution is -0.128. The molecule has 4 aromatic carbocycles.